The molecule has 0 unspecified atom stereocenters. The average molecular weight is 453 g/mol. The topological polar surface area (TPSA) is 61.8 Å². The van der Waals surface area contributed by atoms with Gasteiger partial charge in [-0.3, -0.25) is 4.79 Å². The zero-order chi connectivity index (χ0) is 23.2. The fourth-order valence-electron chi connectivity index (χ4n) is 3.06. The van der Waals surface area contributed by atoms with Crippen molar-refractivity contribution >= 4 is 23.5 Å². The number of carbonyl (C=O) groups is 1. The van der Waals surface area contributed by atoms with Crippen molar-refractivity contribution < 1.29 is 14.6 Å². The summed E-state index contributed by atoms with van der Waals surface area (Å²) in [5.41, 5.74) is 3.33. The molecule has 0 aliphatic carbocycles. The lowest BCUT2D eigenvalue weighted by Gasteiger charge is -2.27. The van der Waals surface area contributed by atoms with Crippen LogP contribution in [0.25, 0.3) is 5.70 Å². The molecule has 0 spiro atoms. The second kappa shape index (κ2) is 14.1. The van der Waals surface area contributed by atoms with E-state index in [0.29, 0.717) is 12.6 Å². The minimum Gasteiger partial charge on any atom is -0.489 e. The molecule has 0 amide bonds. The van der Waals surface area contributed by atoms with Crippen LogP contribution >= 0.6 is 11.3 Å². The van der Waals surface area contributed by atoms with Gasteiger partial charge in [0.2, 0.25) is 0 Å². The van der Waals surface area contributed by atoms with E-state index in [2.05, 4.69) is 72.4 Å². The Hall–Kier alpha value is -3.09. The molecule has 0 aliphatic rings. The molecular weight excluding hydrogens is 420 g/mol. The van der Waals surface area contributed by atoms with E-state index in [4.69, 9.17) is 14.6 Å². The van der Waals surface area contributed by atoms with E-state index in [1.165, 1.54) is 10.4 Å². The van der Waals surface area contributed by atoms with Gasteiger partial charge in [0.25, 0.3) is 6.47 Å². The summed E-state index contributed by atoms with van der Waals surface area (Å²) in [7, 11) is 0. The highest BCUT2D eigenvalue weighted by Crippen LogP contribution is 2.24. The first-order valence-electron chi connectivity index (χ1n) is 10.6. The van der Waals surface area contributed by atoms with E-state index in [-0.39, 0.29) is 6.47 Å². The summed E-state index contributed by atoms with van der Waals surface area (Å²) in [5.74, 6) is 0.872. The lowest BCUT2D eigenvalue weighted by atomic mass is 10.1. The maximum Gasteiger partial charge on any atom is 0.290 e. The standard InChI is InChI=1S/C25H30N2OS.CH2O2/c1-20(2)26-15-16-27(18-25-10-7-17-29-25)21(3)23-11-13-24(14-12-23)28-19-22-8-5-4-6-9-22;2-1-3/h4-14,17,20,26H,3,15-16,18-19H2,1-2H3;1H,(H,2,3). The number of ether oxygens (including phenoxy) is 1. The third-order valence-corrected chi connectivity index (χ3v) is 5.54. The van der Waals surface area contributed by atoms with Gasteiger partial charge in [0.15, 0.2) is 0 Å². The van der Waals surface area contributed by atoms with Gasteiger partial charge in [-0.2, -0.15) is 0 Å². The number of benzene rings is 2. The molecule has 6 heteroatoms. The van der Waals surface area contributed by atoms with Gasteiger partial charge in [-0.25, -0.2) is 0 Å². The average Bonchev–Trinajstić information content (AvgIpc) is 3.31. The van der Waals surface area contributed by atoms with Crippen molar-refractivity contribution in [1.29, 1.82) is 0 Å². The minimum absolute atomic E-state index is 0.250. The summed E-state index contributed by atoms with van der Waals surface area (Å²) in [6.45, 7) is 11.8. The molecule has 0 saturated carbocycles. The Morgan fingerprint density at radius 2 is 1.81 bits per heavy atom. The molecule has 3 rings (SSSR count). The van der Waals surface area contributed by atoms with Gasteiger partial charge < -0.3 is 20.1 Å². The first kappa shape index (κ1) is 25.2. The van der Waals surface area contributed by atoms with Gasteiger partial charge in [-0.05, 0) is 46.8 Å². The van der Waals surface area contributed by atoms with Gasteiger partial charge in [-0.15, -0.1) is 11.3 Å². The lowest BCUT2D eigenvalue weighted by molar-refractivity contribution is -0.122. The highest BCUT2D eigenvalue weighted by atomic mass is 32.1. The first-order valence-corrected chi connectivity index (χ1v) is 11.5. The Kier molecular flexibility index (Phi) is 11.1. The van der Waals surface area contributed by atoms with Crippen LogP contribution in [0.1, 0.15) is 29.9 Å². The molecule has 0 saturated heterocycles. The molecular formula is C26H32N2O3S. The van der Waals surface area contributed by atoms with E-state index in [0.717, 1.165) is 36.6 Å². The third kappa shape index (κ3) is 8.96. The quantitative estimate of drug-likeness (QED) is 0.376. The van der Waals surface area contributed by atoms with Crippen LogP contribution in [-0.4, -0.2) is 35.6 Å². The molecule has 0 atom stereocenters. The van der Waals surface area contributed by atoms with Crippen molar-refractivity contribution in [2.24, 2.45) is 0 Å². The maximum atomic E-state index is 8.36. The number of hydrogen-bond donors (Lipinski definition) is 2. The molecule has 0 bridgehead atoms. The Morgan fingerprint density at radius 1 is 1.12 bits per heavy atom. The summed E-state index contributed by atoms with van der Waals surface area (Å²) >= 11 is 1.79. The van der Waals surface area contributed by atoms with Gasteiger partial charge in [-0.1, -0.05) is 56.8 Å². The maximum absolute atomic E-state index is 8.36. The van der Waals surface area contributed by atoms with E-state index in [1.54, 1.807) is 11.3 Å². The Labute approximate surface area is 195 Å². The van der Waals surface area contributed by atoms with Gasteiger partial charge in [0, 0.05) is 29.7 Å². The molecule has 0 aliphatic heterocycles. The molecule has 2 N–H and O–H groups in total. The largest absolute Gasteiger partial charge is 0.489 e. The van der Waals surface area contributed by atoms with Crippen molar-refractivity contribution in [1.82, 2.24) is 10.2 Å². The molecule has 1 heterocycles. The molecule has 170 valence electrons. The lowest BCUT2D eigenvalue weighted by Crippen LogP contribution is -2.33. The Morgan fingerprint density at radius 3 is 2.41 bits per heavy atom. The van der Waals surface area contributed by atoms with Crippen LogP contribution in [-0.2, 0) is 17.9 Å². The minimum atomic E-state index is -0.250. The second-order valence-corrected chi connectivity index (χ2v) is 8.49. The van der Waals surface area contributed by atoms with Crippen molar-refractivity contribution in [2.75, 3.05) is 13.1 Å². The first-order chi connectivity index (χ1) is 15.5. The van der Waals surface area contributed by atoms with E-state index < -0.39 is 0 Å². The predicted octanol–water partition coefficient (Wildman–Crippen LogP) is 5.50. The van der Waals surface area contributed by atoms with Crippen LogP contribution in [0.3, 0.4) is 0 Å². The highest BCUT2D eigenvalue weighted by Gasteiger charge is 2.12. The monoisotopic (exact) mass is 452 g/mol. The van der Waals surface area contributed by atoms with Crippen LogP contribution in [0.2, 0.25) is 0 Å². The molecule has 5 nitrogen and oxygen atoms in total. The van der Waals surface area contributed by atoms with E-state index >= 15 is 0 Å². The van der Waals surface area contributed by atoms with Crippen LogP contribution < -0.4 is 10.1 Å². The SMILES string of the molecule is C=C(c1ccc(OCc2ccccc2)cc1)N(CCNC(C)C)Cc1cccs1.O=CO. The van der Waals surface area contributed by atoms with Crippen LogP contribution in [0.4, 0.5) is 0 Å². The zero-order valence-electron chi connectivity index (χ0n) is 18.7. The number of hydrogen-bond acceptors (Lipinski definition) is 5. The summed E-state index contributed by atoms with van der Waals surface area (Å²) in [5, 5.41) is 12.5. The molecule has 2 aromatic carbocycles. The highest BCUT2D eigenvalue weighted by molar-refractivity contribution is 7.09. The van der Waals surface area contributed by atoms with Crippen LogP contribution in [0.5, 0.6) is 5.75 Å². The van der Waals surface area contributed by atoms with Gasteiger partial charge >= 0.3 is 0 Å². The fraction of sp³-hybridized carbons (Fsp3) is 0.269. The number of rotatable bonds is 11. The molecule has 0 radical (unpaired) electrons. The third-order valence-electron chi connectivity index (χ3n) is 4.68. The van der Waals surface area contributed by atoms with Crippen molar-refractivity contribution in [3.05, 3.63) is 94.7 Å². The number of carboxylic acid groups (broad SMARTS) is 1. The van der Waals surface area contributed by atoms with E-state index in [9.17, 15) is 0 Å². The summed E-state index contributed by atoms with van der Waals surface area (Å²) in [4.78, 5) is 12.1. The van der Waals surface area contributed by atoms with Gasteiger partial charge in [0.1, 0.15) is 12.4 Å². The summed E-state index contributed by atoms with van der Waals surface area (Å²) < 4.78 is 5.91. The van der Waals surface area contributed by atoms with Crippen LogP contribution in [0, 0.1) is 0 Å². The Bertz CT molecular complexity index is 910. The summed E-state index contributed by atoms with van der Waals surface area (Å²) in [6, 6.07) is 23.2. The second-order valence-electron chi connectivity index (χ2n) is 7.46. The number of thiophene rings is 1. The summed E-state index contributed by atoms with van der Waals surface area (Å²) in [6.07, 6.45) is 0. The Balaban J connectivity index is 0.00000114. The molecule has 3 aromatic rings. The van der Waals surface area contributed by atoms with E-state index in [1.807, 2.05) is 30.3 Å². The van der Waals surface area contributed by atoms with Crippen molar-refractivity contribution in [3.8, 4) is 5.75 Å². The van der Waals surface area contributed by atoms with Crippen molar-refractivity contribution in [3.63, 3.8) is 0 Å². The fourth-order valence-corrected chi connectivity index (χ4v) is 3.77. The van der Waals surface area contributed by atoms with Gasteiger partial charge in [0.05, 0.1) is 6.54 Å². The predicted molar refractivity (Wildman–Crippen MR) is 133 cm³/mol. The smallest absolute Gasteiger partial charge is 0.290 e. The normalized spacial score (nSPS) is 10.2. The number of nitrogens with zero attached hydrogens (tertiary/aromatic N) is 1. The molecule has 0 fully saturated rings. The number of nitrogens with one attached hydrogen (secondary N) is 1. The van der Waals surface area contributed by atoms with Crippen LogP contribution in [0.15, 0.2) is 78.7 Å². The molecule has 32 heavy (non-hydrogen) atoms. The molecule has 1 aromatic heterocycles. The zero-order valence-corrected chi connectivity index (χ0v) is 19.6. The van der Waals surface area contributed by atoms with Crippen molar-refractivity contribution in [2.45, 2.75) is 33.0 Å².